The number of likely N-dealkylation sites (N-methyl/N-ethyl adjacent to an activating group) is 1. The number of hydrogen-bond donors (Lipinski definition) is 2. The van der Waals surface area contributed by atoms with Crippen molar-refractivity contribution in [3.05, 3.63) is 29.8 Å². The Bertz CT molecular complexity index is 446. The van der Waals surface area contributed by atoms with Crippen molar-refractivity contribution in [1.29, 1.82) is 0 Å². The molecular weight excluding hydrogens is 232 g/mol. The molecule has 0 saturated heterocycles. The second-order valence-electron chi connectivity index (χ2n) is 4.11. The van der Waals surface area contributed by atoms with Gasteiger partial charge in [-0.3, -0.25) is 4.79 Å². The molecule has 1 rings (SSSR count). The van der Waals surface area contributed by atoms with Crippen LogP contribution in [0.1, 0.15) is 30.1 Å². The predicted molar refractivity (Wildman–Crippen MR) is 69.7 cm³/mol. The van der Waals surface area contributed by atoms with Crippen molar-refractivity contribution in [1.82, 2.24) is 0 Å². The fraction of sp³-hybridized carbons (Fsp3) is 0.385. The molecule has 3 N–H and O–H groups in total. The monoisotopic (exact) mass is 250 g/mol. The van der Waals surface area contributed by atoms with Gasteiger partial charge in [-0.25, -0.2) is 4.79 Å². The Morgan fingerprint density at radius 1 is 1.39 bits per heavy atom. The van der Waals surface area contributed by atoms with E-state index in [0.717, 1.165) is 6.42 Å². The molecule has 0 aliphatic rings. The van der Waals surface area contributed by atoms with Gasteiger partial charge in [0.25, 0.3) is 0 Å². The summed E-state index contributed by atoms with van der Waals surface area (Å²) in [6, 6.07) is 5.78. The van der Waals surface area contributed by atoms with Crippen LogP contribution in [-0.2, 0) is 4.79 Å². The molecule has 0 heterocycles. The van der Waals surface area contributed by atoms with Crippen molar-refractivity contribution in [3.63, 3.8) is 0 Å². The van der Waals surface area contributed by atoms with Gasteiger partial charge in [-0.2, -0.15) is 0 Å². The summed E-state index contributed by atoms with van der Waals surface area (Å²) in [5, 5.41) is 9.07. The quantitative estimate of drug-likeness (QED) is 0.829. The highest BCUT2D eigenvalue weighted by molar-refractivity contribution is 6.03. The number of nitrogens with zero attached hydrogens (tertiary/aromatic N) is 1. The van der Waals surface area contributed by atoms with Crippen LogP contribution in [0.4, 0.5) is 5.69 Å². The minimum absolute atomic E-state index is 0.0945. The summed E-state index contributed by atoms with van der Waals surface area (Å²) >= 11 is 0. The maximum atomic E-state index is 12.0. The Morgan fingerprint density at radius 2 is 2.00 bits per heavy atom. The molecule has 1 aromatic rings. The van der Waals surface area contributed by atoms with E-state index in [1.807, 2.05) is 6.92 Å². The SMILES string of the molecule is CCC[C@H](N)C(=O)N(C)c1ccccc1C(=O)O. The van der Waals surface area contributed by atoms with E-state index in [2.05, 4.69) is 0 Å². The second-order valence-corrected chi connectivity index (χ2v) is 4.11. The van der Waals surface area contributed by atoms with Gasteiger partial charge in [0, 0.05) is 7.05 Å². The van der Waals surface area contributed by atoms with Crippen LogP contribution in [0.25, 0.3) is 0 Å². The van der Waals surface area contributed by atoms with Crippen LogP contribution in [0.5, 0.6) is 0 Å². The van der Waals surface area contributed by atoms with E-state index in [1.165, 1.54) is 11.0 Å². The van der Waals surface area contributed by atoms with E-state index in [4.69, 9.17) is 10.8 Å². The number of carboxylic acids is 1. The fourth-order valence-corrected chi connectivity index (χ4v) is 1.75. The molecule has 0 saturated carbocycles. The first-order valence-electron chi connectivity index (χ1n) is 5.84. The van der Waals surface area contributed by atoms with Crippen molar-refractivity contribution in [2.45, 2.75) is 25.8 Å². The zero-order chi connectivity index (χ0) is 13.7. The summed E-state index contributed by atoms with van der Waals surface area (Å²) in [5.41, 5.74) is 6.21. The first-order chi connectivity index (χ1) is 8.49. The lowest BCUT2D eigenvalue weighted by Crippen LogP contribution is -2.42. The molecule has 5 heteroatoms. The van der Waals surface area contributed by atoms with Crippen LogP contribution in [-0.4, -0.2) is 30.1 Å². The topological polar surface area (TPSA) is 83.6 Å². The molecule has 1 atom stereocenters. The van der Waals surface area contributed by atoms with Crippen LogP contribution in [0.3, 0.4) is 0 Å². The smallest absolute Gasteiger partial charge is 0.337 e. The van der Waals surface area contributed by atoms with Crippen molar-refractivity contribution in [2.75, 3.05) is 11.9 Å². The Hall–Kier alpha value is -1.88. The molecule has 5 nitrogen and oxygen atoms in total. The number of hydrogen-bond acceptors (Lipinski definition) is 3. The molecule has 0 unspecified atom stereocenters. The number of amides is 1. The number of carbonyl (C=O) groups is 2. The third kappa shape index (κ3) is 3.07. The number of carboxylic acid groups (broad SMARTS) is 1. The summed E-state index contributed by atoms with van der Waals surface area (Å²) in [6.45, 7) is 1.94. The second kappa shape index (κ2) is 6.16. The molecule has 0 radical (unpaired) electrons. The maximum Gasteiger partial charge on any atom is 0.337 e. The zero-order valence-corrected chi connectivity index (χ0v) is 10.6. The van der Waals surface area contributed by atoms with Gasteiger partial charge >= 0.3 is 5.97 Å². The molecule has 0 aliphatic heterocycles. The number of rotatable bonds is 5. The minimum Gasteiger partial charge on any atom is -0.478 e. The highest BCUT2D eigenvalue weighted by atomic mass is 16.4. The van der Waals surface area contributed by atoms with Crippen LogP contribution in [0.15, 0.2) is 24.3 Å². The number of carbonyl (C=O) groups excluding carboxylic acids is 1. The Kier molecular flexibility index (Phi) is 4.85. The van der Waals surface area contributed by atoms with Gasteiger partial charge in [-0.05, 0) is 18.6 Å². The van der Waals surface area contributed by atoms with E-state index in [1.54, 1.807) is 25.2 Å². The van der Waals surface area contributed by atoms with E-state index < -0.39 is 12.0 Å². The third-order valence-corrected chi connectivity index (χ3v) is 2.74. The normalized spacial score (nSPS) is 11.9. The zero-order valence-electron chi connectivity index (χ0n) is 10.6. The fourth-order valence-electron chi connectivity index (χ4n) is 1.75. The summed E-state index contributed by atoms with van der Waals surface area (Å²) in [4.78, 5) is 24.4. The Labute approximate surface area is 106 Å². The Morgan fingerprint density at radius 3 is 2.56 bits per heavy atom. The first-order valence-corrected chi connectivity index (χ1v) is 5.84. The van der Waals surface area contributed by atoms with Crippen molar-refractivity contribution in [2.24, 2.45) is 5.73 Å². The average molecular weight is 250 g/mol. The largest absolute Gasteiger partial charge is 0.478 e. The van der Waals surface area contributed by atoms with E-state index in [-0.39, 0.29) is 11.5 Å². The van der Waals surface area contributed by atoms with Gasteiger partial charge in [-0.1, -0.05) is 25.5 Å². The number of para-hydroxylation sites is 1. The highest BCUT2D eigenvalue weighted by Crippen LogP contribution is 2.20. The van der Waals surface area contributed by atoms with Crippen LogP contribution in [0, 0.1) is 0 Å². The van der Waals surface area contributed by atoms with Gasteiger partial charge in [0.2, 0.25) is 5.91 Å². The molecule has 1 aromatic carbocycles. The molecule has 0 aliphatic carbocycles. The molecule has 0 aromatic heterocycles. The van der Waals surface area contributed by atoms with E-state index in [0.29, 0.717) is 12.1 Å². The Balaban J connectivity index is 3.00. The lowest BCUT2D eigenvalue weighted by Gasteiger charge is -2.22. The number of aromatic carboxylic acids is 1. The highest BCUT2D eigenvalue weighted by Gasteiger charge is 2.21. The summed E-state index contributed by atoms with van der Waals surface area (Å²) in [6.07, 6.45) is 1.39. The van der Waals surface area contributed by atoms with E-state index >= 15 is 0 Å². The van der Waals surface area contributed by atoms with Crippen LogP contribution >= 0.6 is 0 Å². The molecule has 98 valence electrons. The van der Waals surface area contributed by atoms with Gasteiger partial charge < -0.3 is 15.7 Å². The van der Waals surface area contributed by atoms with Gasteiger partial charge in [0.15, 0.2) is 0 Å². The van der Waals surface area contributed by atoms with Crippen molar-refractivity contribution < 1.29 is 14.7 Å². The first kappa shape index (κ1) is 14.2. The number of anilines is 1. The third-order valence-electron chi connectivity index (χ3n) is 2.74. The molecule has 0 fully saturated rings. The van der Waals surface area contributed by atoms with Crippen molar-refractivity contribution >= 4 is 17.6 Å². The molecule has 0 bridgehead atoms. The molecular formula is C13H18N2O3. The minimum atomic E-state index is -1.06. The van der Waals surface area contributed by atoms with Gasteiger partial charge in [0.1, 0.15) is 0 Å². The molecule has 0 spiro atoms. The molecule has 18 heavy (non-hydrogen) atoms. The lowest BCUT2D eigenvalue weighted by molar-refractivity contribution is -0.119. The molecule has 1 amide bonds. The van der Waals surface area contributed by atoms with Crippen LogP contribution < -0.4 is 10.6 Å². The summed E-state index contributed by atoms with van der Waals surface area (Å²) in [5.74, 6) is -1.33. The summed E-state index contributed by atoms with van der Waals surface area (Å²) < 4.78 is 0. The standard InChI is InChI=1S/C13H18N2O3/c1-3-6-10(14)12(16)15(2)11-8-5-4-7-9(11)13(17)18/h4-5,7-8,10H,3,6,14H2,1-2H3,(H,17,18)/t10-/m0/s1. The number of benzene rings is 1. The average Bonchev–Trinajstić information content (AvgIpc) is 2.37. The van der Waals surface area contributed by atoms with Crippen molar-refractivity contribution in [3.8, 4) is 0 Å². The maximum absolute atomic E-state index is 12.0. The van der Waals surface area contributed by atoms with E-state index in [9.17, 15) is 9.59 Å². The summed E-state index contributed by atoms with van der Waals surface area (Å²) in [7, 11) is 1.54. The van der Waals surface area contributed by atoms with Gasteiger partial charge in [0.05, 0.1) is 17.3 Å². The predicted octanol–water partition coefficient (Wildman–Crippen LogP) is 1.47. The lowest BCUT2D eigenvalue weighted by atomic mass is 10.1. The van der Waals surface area contributed by atoms with Gasteiger partial charge in [-0.15, -0.1) is 0 Å². The van der Waals surface area contributed by atoms with Crippen LogP contribution in [0.2, 0.25) is 0 Å². The number of nitrogens with two attached hydrogens (primary N) is 1.